The highest BCUT2D eigenvalue weighted by Gasteiger charge is 2.43. The fourth-order valence-electron chi connectivity index (χ4n) is 2.07. The monoisotopic (exact) mass is 237 g/mol. The Kier molecular flexibility index (Phi) is 2.85. The molecule has 5 nitrogen and oxygen atoms in total. The molecule has 1 aromatic heterocycles. The number of nitrogen functional groups attached to an aromatic ring is 1. The maximum absolute atomic E-state index is 11.7. The van der Waals surface area contributed by atoms with E-state index in [-0.39, 0.29) is 11.2 Å². The molecule has 94 valence electrons. The minimum Gasteiger partial charge on any atom is -0.461 e. The number of carbonyl (C=O) groups excluding carboxylic acids is 1. The van der Waals surface area contributed by atoms with Crippen molar-refractivity contribution < 1.29 is 9.53 Å². The Bertz CT molecular complexity index is 447. The summed E-state index contributed by atoms with van der Waals surface area (Å²) in [5, 5.41) is 0. The molecule has 1 aliphatic rings. The van der Waals surface area contributed by atoms with Crippen molar-refractivity contribution in [1.82, 2.24) is 9.55 Å². The lowest BCUT2D eigenvalue weighted by atomic mass is 10.3. The Morgan fingerprint density at radius 2 is 2.18 bits per heavy atom. The third kappa shape index (κ3) is 1.90. The van der Waals surface area contributed by atoms with E-state index in [0.29, 0.717) is 12.4 Å². The molecule has 0 saturated heterocycles. The van der Waals surface area contributed by atoms with Gasteiger partial charge in [0.1, 0.15) is 11.6 Å². The molecule has 0 amide bonds. The van der Waals surface area contributed by atoms with Crippen LogP contribution in [0.2, 0.25) is 0 Å². The van der Waals surface area contributed by atoms with Gasteiger partial charge in [0.15, 0.2) is 5.69 Å². The van der Waals surface area contributed by atoms with Crippen LogP contribution < -0.4 is 5.73 Å². The first-order valence-electron chi connectivity index (χ1n) is 6.08. The first-order valence-corrected chi connectivity index (χ1v) is 6.08. The van der Waals surface area contributed by atoms with Crippen LogP contribution in [0.25, 0.3) is 0 Å². The summed E-state index contributed by atoms with van der Waals surface area (Å²) in [4.78, 5) is 16.0. The van der Waals surface area contributed by atoms with E-state index in [9.17, 15) is 4.79 Å². The predicted molar refractivity (Wildman–Crippen MR) is 64.9 cm³/mol. The zero-order valence-corrected chi connectivity index (χ0v) is 10.6. The second-order valence-corrected chi connectivity index (χ2v) is 4.67. The number of anilines is 1. The highest BCUT2D eigenvalue weighted by atomic mass is 16.5. The van der Waals surface area contributed by atoms with E-state index < -0.39 is 5.97 Å². The number of aryl methyl sites for hydroxylation is 1. The van der Waals surface area contributed by atoms with Gasteiger partial charge >= 0.3 is 5.97 Å². The van der Waals surface area contributed by atoms with Crippen LogP contribution in [-0.2, 0) is 16.7 Å². The zero-order valence-electron chi connectivity index (χ0n) is 10.6. The van der Waals surface area contributed by atoms with Crippen molar-refractivity contribution in [2.45, 2.75) is 45.6 Å². The number of rotatable bonds is 4. The van der Waals surface area contributed by atoms with Crippen molar-refractivity contribution in [3.8, 4) is 0 Å². The molecular formula is C12H19N3O2. The summed E-state index contributed by atoms with van der Waals surface area (Å²) >= 11 is 0. The Morgan fingerprint density at radius 1 is 1.53 bits per heavy atom. The van der Waals surface area contributed by atoms with Gasteiger partial charge in [0.2, 0.25) is 0 Å². The Labute approximate surface area is 101 Å². The molecule has 1 aliphatic carbocycles. The number of hydrogen-bond donors (Lipinski definition) is 1. The van der Waals surface area contributed by atoms with Gasteiger partial charge in [-0.05, 0) is 26.7 Å². The summed E-state index contributed by atoms with van der Waals surface area (Å²) in [6, 6.07) is 0. The van der Waals surface area contributed by atoms with Gasteiger partial charge in [0.05, 0.1) is 6.61 Å². The third-order valence-electron chi connectivity index (χ3n) is 3.28. The Balaban J connectivity index is 2.42. The van der Waals surface area contributed by atoms with Crippen LogP contribution in [0, 0.1) is 0 Å². The number of esters is 1. The summed E-state index contributed by atoms with van der Waals surface area (Å²) in [7, 11) is 0. The van der Waals surface area contributed by atoms with Crippen LogP contribution in [0.5, 0.6) is 0 Å². The number of imidazole rings is 1. The largest absolute Gasteiger partial charge is 0.461 e. The van der Waals surface area contributed by atoms with Gasteiger partial charge in [-0.3, -0.25) is 0 Å². The summed E-state index contributed by atoms with van der Waals surface area (Å²) in [6.07, 6.45) is 2.94. The molecule has 0 spiro atoms. The van der Waals surface area contributed by atoms with Crippen LogP contribution in [0.15, 0.2) is 0 Å². The molecule has 0 radical (unpaired) electrons. The fourth-order valence-corrected chi connectivity index (χ4v) is 2.07. The topological polar surface area (TPSA) is 70.1 Å². The van der Waals surface area contributed by atoms with Gasteiger partial charge in [-0.25, -0.2) is 9.78 Å². The minimum absolute atomic E-state index is 0.0488. The van der Waals surface area contributed by atoms with Crippen LogP contribution in [0.3, 0.4) is 0 Å². The van der Waals surface area contributed by atoms with Crippen LogP contribution in [-0.4, -0.2) is 22.1 Å². The molecule has 1 heterocycles. The smallest absolute Gasteiger partial charge is 0.360 e. The Hall–Kier alpha value is -1.52. The zero-order chi connectivity index (χ0) is 12.6. The number of ether oxygens (including phenoxy) is 1. The fraction of sp³-hybridized carbons (Fsp3) is 0.667. The summed E-state index contributed by atoms with van der Waals surface area (Å²) in [6.45, 7) is 6.26. The van der Waals surface area contributed by atoms with E-state index in [1.54, 1.807) is 6.92 Å². The van der Waals surface area contributed by atoms with E-state index in [2.05, 4.69) is 11.9 Å². The average Bonchev–Trinajstić information content (AvgIpc) is 2.91. The second-order valence-electron chi connectivity index (χ2n) is 4.67. The average molecular weight is 237 g/mol. The first-order chi connectivity index (χ1) is 8.03. The molecule has 0 aromatic carbocycles. The van der Waals surface area contributed by atoms with Crippen molar-refractivity contribution in [2.24, 2.45) is 0 Å². The highest BCUT2D eigenvalue weighted by Crippen LogP contribution is 2.45. The van der Waals surface area contributed by atoms with Crippen molar-refractivity contribution in [3.63, 3.8) is 0 Å². The maximum Gasteiger partial charge on any atom is 0.360 e. The maximum atomic E-state index is 11.7. The standard InChI is InChI=1S/C12H19N3O2/c1-4-8-14-9(11(16)17-5-2)10(13)15(8)12(3)6-7-12/h4-7,13H2,1-3H3. The molecule has 2 N–H and O–H groups in total. The molecule has 17 heavy (non-hydrogen) atoms. The van der Waals surface area contributed by atoms with Gasteiger partial charge in [0.25, 0.3) is 0 Å². The van der Waals surface area contributed by atoms with Gasteiger partial charge in [0, 0.05) is 12.0 Å². The molecule has 2 rings (SSSR count). The molecular weight excluding hydrogens is 218 g/mol. The predicted octanol–water partition coefficient (Wildman–Crippen LogP) is 1.71. The summed E-state index contributed by atoms with van der Waals surface area (Å²) < 4.78 is 6.96. The number of nitrogens with two attached hydrogens (primary N) is 1. The molecule has 1 aromatic rings. The van der Waals surface area contributed by atoms with Gasteiger partial charge in [-0.15, -0.1) is 0 Å². The normalized spacial score (nSPS) is 16.9. The number of aromatic nitrogens is 2. The van der Waals surface area contributed by atoms with Crippen LogP contribution in [0.4, 0.5) is 5.82 Å². The lowest BCUT2D eigenvalue weighted by Crippen LogP contribution is -2.18. The van der Waals surface area contributed by atoms with Crippen molar-refractivity contribution in [2.75, 3.05) is 12.3 Å². The van der Waals surface area contributed by atoms with Crippen molar-refractivity contribution in [3.05, 3.63) is 11.5 Å². The molecule has 0 atom stereocenters. The van der Waals surface area contributed by atoms with E-state index in [1.165, 1.54) is 0 Å². The molecule has 5 heteroatoms. The van der Waals surface area contributed by atoms with Gasteiger partial charge < -0.3 is 15.0 Å². The molecule has 0 aliphatic heterocycles. The van der Waals surface area contributed by atoms with E-state index in [0.717, 1.165) is 25.1 Å². The SMILES string of the molecule is CCOC(=O)c1nc(CC)n(C2(C)CC2)c1N. The summed E-state index contributed by atoms with van der Waals surface area (Å²) in [5.41, 5.74) is 6.35. The quantitative estimate of drug-likeness (QED) is 0.809. The van der Waals surface area contributed by atoms with E-state index in [1.807, 2.05) is 11.5 Å². The number of nitrogens with zero attached hydrogens (tertiary/aromatic N) is 2. The van der Waals surface area contributed by atoms with Crippen molar-refractivity contribution in [1.29, 1.82) is 0 Å². The number of carbonyl (C=O) groups is 1. The highest BCUT2D eigenvalue weighted by molar-refractivity contribution is 5.92. The van der Waals surface area contributed by atoms with Gasteiger partial charge in [-0.1, -0.05) is 6.92 Å². The lowest BCUT2D eigenvalue weighted by molar-refractivity contribution is 0.0521. The van der Waals surface area contributed by atoms with Crippen LogP contribution >= 0.6 is 0 Å². The van der Waals surface area contributed by atoms with Crippen molar-refractivity contribution >= 4 is 11.8 Å². The van der Waals surface area contributed by atoms with E-state index in [4.69, 9.17) is 10.5 Å². The molecule has 0 bridgehead atoms. The number of hydrogen-bond acceptors (Lipinski definition) is 4. The lowest BCUT2D eigenvalue weighted by Gasteiger charge is -2.15. The minimum atomic E-state index is -0.428. The molecule has 1 fully saturated rings. The molecule has 1 saturated carbocycles. The van der Waals surface area contributed by atoms with E-state index >= 15 is 0 Å². The van der Waals surface area contributed by atoms with Gasteiger partial charge in [-0.2, -0.15) is 0 Å². The second kappa shape index (κ2) is 4.05. The summed E-state index contributed by atoms with van der Waals surface area (Å²) in [5.74, 6) is 0.883. The first kappa shape index (κ1) is 12.0. The van der Waals surface area contributed by atoms with Crippen LogP contribution in [0.1, 0.15) is 49.9 Å². The third-order valence-corrected chi connectivity index (χ3v) is 3.28. The molecule has 0 unspecified atom stereocenters. The Morgan fingerprint density at radius 3 is 2.65 bits per heavy atom.